The van der Waals surface area contributed by atoms with Crippen molar-refractivity contribution in [3.05, 3.63) is 30.6 Å². The lowest BCUT2D eigenvalue weighted by atomic mass is 9.85. The Kier molecular flexibility index (Phi) is 5.94. The molecule has 0 spiro atoms. The first-order valence-electron chi connectivity index (χ1n) is 10.2. The zero-order chi connectivity index (χ0) is 20.0. The van der Waals surface area contributed by atoms with Gasteiger partial charge in [-0.3, -0.25) is 19.5 Å². The van der Waals surface area contributed by atoms with Gasteiger partial charge in [0, 0.05) is 45.1 Å². The Balaban J connectivity index is 0.00000218. The maximum Gasteiger partial charge on any atom is 0.233 e. The van der Waals surface area contributed by atoms with Crippen LogP contribution < -0.4 is 10.6 Å². The van der Waals surface area contributed by atoms with Gasteiger partial charge < -0.3 is 15.5 Å². The monoisotopic (exact) mass is 523 g/mol. The summed E-state index contributed by atoms with van der Waals surface area (Å²) in [6.45, 7) is 3.64. The van der Waals surface area contributed by atoms with E-state index in [4.69, 9.17) is 5.73 Å². The summed E-state index contributed by atoms with van der Waals surface area (Å²) in [5.74, 6) is 1.32. The van der Waals surface area contributed by atoms with Crippen LogP contribution in [0, 0.1) is 23.7 Å². The smallest absolute Gasteiger partial charge is 0.233 e. The van der Waals surface area contributed by atoms with Gasteiger partial charge in [0.15, 0.2) is 5.96 Å². The Morgan fingerprint density at radius 3 is 2.23 bits per heavy atom. The van der Waals surface area contributed by atoms with Crippen molar-refractivity contribution in [3.63, 3.8) is 0 Å². The molecule has 4 unspecified atom stereocenters. The van der Waals surface area contributed by atoms with Crippen LogP contribution in [0.15, 0.2) is 35.6 Å². The van der Waals surface area contributed by atoms with Gasteiger partial charge >= 0.3 is 0 Å². The summed E-state index contributed by atoms with van der Waals surface area (Å²) >= 11 is 0. The third-order valence-corrected chi connectivity index (χ3v) is 6.60. The lowest BCUT2D eigenvalue weighted by molar-refractivity contribution is -0.140. The predicted octanol–water partition coefficient (Wildman–Crippen LogP) is 0.338. The van der Waals surface area contributed by atoms with Crippen LogP contribution in [0.5, 0.6) is 0 Å². The molecule has 4 atom stereocenters. The van der Waals surface area contributed by atoms with E-state index in [-0.39, 0.29) is 59.5 Å². The van der Waals surface area contributed by atoms with Crippen LogP contribution in [0.2, 0.25) is 0 Å². The molecule has 0 radical (unpaired) electrons. The van der Waals surface area contributed by atoms with E-state index in [0.29, 0.717) is 19.0 Å². The van der Waals surface area contributed by atoms with Crippen molar-refractivity contribution in [3.8, 4) is 0 Å². The van der Waals surface area contributed by atoms with Crippen LogP contribution in [-0.2, 0) is 9.59 Å². The number of piperazine rings is 1. The molecule has 1 aromatic heterocycles. The number of hydrogen-bond donors (Lipinski definition) is 1. The number of anilines is 1. The zero-order valence-electron chi connectivity index (χ0n) is 16.6. The first-order valence-corrected chi connectivity index (χ1v) is 10.2. The van der Waals surface area contributed by atoms with Crippen molar-refractivity contribution in [2.45, 2.75) is 6.42 Å². The number of amides is 2. The Hall–Kier alpha value is -2.24. The van der Waals surface area contributed by atoms with Gasteiger partial charge in [-0.05, 0) is 24.3 Å². The first-order chi connectivity index (χ1) is 14.1. The number of hydrogen-bond acceptors (Lipinski definition) is 6. The summed E-state index contributed by atoms with van der Waals surface area (Å²) in [6.07, 6.45) is 8.64. The van der Waals surface area contributed by atoms with E-state index < -0.39 is 0 Å². The molecule has 1 aromatic rings. The minimum absolute atomic E-state index is 0. The van der Waals surface area contributed by atoms with Crippen LogP contribution in [0.1, 0.15) is 6.42 Å². The number of aliphatic imine (C=N–C) groups is 1. The predicted molar refractivity (Wildman–Crippen MR) is 122 cm³/mol. The van der Waals surface area contributed by atoms with E-state index in [0.717, 1.165) is 38.5 Å². The normalized spacial score (nSPS) is 30.1. The molecule has 2 aliphatic carbocycles. The van der Waals surface area contributed by atoms with Gasteiger partial charge in [-0.1, -0.05) is 12.2 Å². The molecule has 2 saturated heterocycles. The number of aromatic nitrogens is 2. The van der Waals surface area contributed by atoms with Gasteiger partial charge in [0.1, 0.15) is 0 Å². The minimum Gasteiger partial charge on any atom is -0.370 e. The summed E-state index contributed by atoms with van der Waals surface area (Å²) in [4.78, 5) is 43.9. The van der Waals surface area contributed by atoms with Crippen LogP contribution in [0.3, 0.4) is 0 Å². The molecule has 3 heterocycles. The quantitative estimate of drug-likeness (QED) is 0.199. The van der Waals surface area contributed by atoms with Crippen LogP contribution in [-0.4, -0.2) is 76.8 Å². The van der Waals surface area contributed by atoms with Gasteiger partial charge in [0.2, 0.25) is 17.8 Å². The third kappa shape index (κ3) is 3.54. The summed E-state index contributed by atoms with van der Waals surface area (Å²) in [5, 5.41) is 0. The number of carbonyl (C=O) groups is 2. The Bertz CT molecular complexity index is 839. The Morgan fingerprint density at radius 2 is 1.63 bits per heavy atom. The van der Waals surface area contributed by atoms with Crippen molar-refractivity contribution < 1.29 is 9.59 Å². The molecule has 1 saturated carbocycles. The summed E-state index contributed by atoms with van der Waals surface area (Å²) in [7, 11) is 0. The van der Waals surface area contributed by atoms with E-state index in [1.54, 1.807) is 18.5 Å². The largest absolute Gasteiger partial charge is 0.370 e. The maximum absolute atomic E-state index is 12.7. The molecule has 160 valence electrons. The highest BCUT2D eigenvalue weighted by Gasteiger charge is 2.58. The van der Waals surface area contributed by atoms with Crippen molar-refractivity contribution in [1.82, 2.24) is 19.8 Å². The van der Waals surface area contributed by atoms with Crippen molar-refractivity contribution >= 4 is 47.7 Å². The summed E-state index contributed by atoms with van der Waals surface area (Å²) < 4.78 is 0. The second-order valence-electron chi connectivity index (χ2n) is 8.09. The van der Waals surface area contributed by atoms with Gasteiger partial charge in [0.25, 0.3) is 0 Å². The van der Waals surface area contributed by atoms with E-state index in [1.165, 1.54) is 4.90 Å². The number of halogens is 1. The lowest BCUT2D eigenvalue weighted by Gasteiger charge is -2.35. The molecule has 2 amide bonds. The summed E-state index contributed by atoms with van der Waals surface area (Å²) in [6, 6.07) is 1.80. The van der Waals surface area contributed by atoms with Crippen LogP contribution >= 0.6 is 24.0 Å². The number of guanidine groups is 1. The summed E-state index contributed by atoms with van der Waals surface area (Å²) in [5.41, 5.74) is 6.16. The molecule has 5 rings (SSSR count). The number of imide groups is 1. The molecule has 0 aromatic carbocycles. The molecular weight excluding hydrogens is 497 g/mol. The number of nitrogens with two attached hydrogens (primary N) is 1. The zero-order valence-corrected chi connectivity index (χ0v) is 19.0. The van der Waals surface area contributed by atoms with Gasteiger partial charge in [-0.2, -0.15) is 0 Å². The number of rotatable bonds is 4. The van der Waals surface area contributed by atoms with Gasteiger partial charge in [-0.15, -0.1) is 24.0 Å². The molecular formula is C20H26IN7O2. The van der Waals surface area contributed by atoms with E-state index in [1.807, 2.05) is 4.90 Å². The highest BCUT2D eigenvalue weighted by Crippen LogP contribution is 2.52. The Labute approximate surface area is 192 Å². The molecule has 2 bridgehead atoms. The molecule has 3 fully saturated rings. The second-order valence-corrected chi connectivity index (χ2v) is 8.09. The molecule has 10 heteroatoms. The maximum atomic E-state index is 12.7. The first kappa shape index (κ1) is 21.0. The highest BCUT2D eigenvalue weighted by atomic mass is 127. The fourth-order valence-electron chi connectivity index (χ4n) is 5.14. The number of nitrogens with zero attached hydrogens (tertiary/aromatic N) is 6. The van der Waals surface area contributed by atoms with Gasteiger partial charge in [-0.25, -0.2) is 9.97 Å². The van der Waals surface area contributed by atoms with Crippen LogP contribution in [0.4, 0.5) is 5.95 Å². The van der Waals surface area contributed by atoms with Crippen molar-refractivity contribution in [2.75, 3.05) is 44.2 Å². The molecule has 2 aliphatic heterocycles. The lowest BCUT2D eigenvalue weighted by Crippen LogP contribution is -2.51. The second kappa shape index (κ2) is 8.48. The molecule has 4 aliphatic rings. The number of likely N-dealkylation sites (tertiary alicyclic amines) is 1. The topological polar surface area (TPSA) is 108 Å². The SMILES string of the molecule is I.NC(=NCCN1C(=O)C2C3C=CC(C3)C2C1=O)N1CCN(c2ncccn2)CC1. The number of allylic oxidation sites excluding steroid dienone is 2. The standard InChI is InChI=1S/C20H25N7O2.HI/c21-19(25-8-10-26(11-9-25)20-23-4-1-5-24-20)22-6-7-27-17(28)15-13-2-3-14(12-13)16(15)18(27)29;/h1-5,13-16H,6-12H2,(H2,21,22);1H. The van der Waals surface area contributed by atoms with E-state index >= 15 is 0 Å². The third-order valence-electron chi connectivity index (χ3n) is 6.60. The number of fused-ring (bicyclic) bond motifs is 5. The fourth-order valence-corrected chi connectivity index (χ4v) is 5.14. The average molecular weight is 523 g/mol. The van der Waals surface area contributed by atoms with E-state index in [2.05, 4.69) is 32.0 Å². The average Bonchev–Trinajstić information content (AvgIpc) is 3.44. The highest BCUT2D eigenvalue weighted by molar-refractivity contribution is 14.0. The Morgan fingerprint density at radius 1 is 1.03 bits per heavy atom. The minimum atomic E-state index is -0.146. The van der Waals surface area contributed by atoms with Gasteiger partial charge in [0.05, 0.1) is 18.4 Å². The van der Waals surface area contributed by atoms with E-state index in [9.17, 15) is 9.59 Å². The molecule has 2 N–H and O–H groups in total. The molecule has 30 heavy (non-hydrogen) atoms. The molecule has 9 nitrogen and oxygen atoms in total. The fraction of sp³-hybridized carbons (Fsp3) is 0.550. The number of carbonyl (C=O) groups excluding carboxylic acids is 2. The van der Waals surface area contributed by atoms with Crippen LogP contribution in [0.25, 0.3) is 0 Å². The van der Waals surface area contributed by atoms with Crippen molar-refractivity contribution in [1.29, 1.82) is 0 Å². The van der Waals surface area contributed by atoms with Crippen molar-refractivity contribution in [2.24, 2.45) is 34.4 Å².